The molecule has 0 N–H and O–H groups in total. The zero-order valence-corrected chi connectivity index (χ0v) is 16.9. The summed E-state index contributed by atoms with van der Waals surface area (Å²) >= 11 is 5.92. The van der Waals surface area contributed by atoms with E-state index in [1.165, 1.54) is 24.1 Å². The molecule has 2 bridgehead atoms. The maximum atomic E-state index is 13.7. The minimum absolute atomic E-state index is 0.0650. The van der Waals surface area contributed by atoms with Gasteiger partial charge in [0.2, 0.25) is 0 Å². The zero-order valence-electron chi connectivity index (χ0n) is 16.2. The van der Waals surface area contributed by atoms with Crippen LogP contribution in [0.5, 0.6) is 0 Å². The minimum Gasteiger partial charge on any atom is -0.469 e. The smallest absolute Gasteiger partial charge is 0.435 e. The van der Waals surface area contributed by atoms with Crippen LogP contribution < -0.4 is 4.90 Å². The van der Waals surface area contributed by atoms with E-state index in [0.717, 1.165) is 0 Å². The quantitative estimate of drug-likeness (QED) is 0.677. The fourth-order valence-corrected chi connectivity index (χ4v) is 5.72. The first-order chi connectivity index (χ1) is 14.2. The largest absolute Gasteiger partial charge is 0.469 e. The first kappa shape index (κ1) is 19.6. The van der Waals surface area contributed by atoms with Crippen molar-refractivity contribution in [2.24, 2.45) is 10.8 Å². The third-order valence-corrected chi connectivity index (χ3v) is 6.70. The maximum absolute atomic E-state index is 13.7. The van der Waals surface area contributed by atoms with Crippen LogP contribution in [0.3, 0.4) is 0 Å². The Bertz CT molecular complexity index is 1020. The highest BCUT2D eigenvalue weighted by Gasteiger charge is 2.72. The third kappa shape index (κ3) is 2.79. The predicted octanol–water partition coefficient (Wildman–Crippen LogP) is 3.43. The number of halogens is 4. The number of nitrogens with zero attached hydrogens (tertiary/aromatic N) is 5. The zero-order chi connectivity index (χ0) is 21.3. The van der Waals surface area contributed by atoms with Crippen LogP contribution >= 0.6 is 11.6 Å². The molecule has 2 aromatic heterocycles. The highest BCUT2D eigenvalue weighted by Crippen LogP contribution is 2.74. The van der Waals surface area contributed by atoms with Gasteiger partial charge in [-0.3, -0.25) is 4.79 Å². The highest BCUT2D eigenvalue weighted by atomic mass is 35.5. The fourth-order valence-electron chi connectivity index (χ4n) is 5.56. The number of methoxy groups -OCH3 is 1. The second kappa shape index (κ2) is 6.32. The van der Waals surface area contributed by atoms with Gasteiger partial charge in [0.05, 0.1) is 24.4 Å². The summed E-state index contributed by atoms with van der Waals surface area (Å²) < 4.78 is 47.3. The molecule has 0 unspecified atom stereocenters. The highest BCUT2D eigenvalue weighted by molar-refractivity contribution is 6.29. The summed E-state index contributed by atoms with van der Waals surface area (Å²) in [5, 5.41) is 11.4. The molecule has 0 spiro atoms. The monoisotopic (exact) mass is 441 g/mol. The molecule has 3 aliphatic carbocycles. The number of alkyl halides is 3. The van der Waals surface area contributed by atoms with Crippen molar-refractivity contribution in [3.8, 4) is 5.69 Å². The summed E-state index contributed by atoms with van der Waals surface area (Å²) in [5.74, 6) is 0.236. The van der Waals surface area contributed by atoms with E-state index in [2.05, 4.69) is 15.3 Å². The van der Waals surface area contributed by atoms with Crippen LogP contribution in [0.15, 0.2) is 12.3 Å². The summed E-state index contributed by atoms with van der Waals surface area (Å²) in [6, 6.07) is 1.45. The number of anilines is 1. The summed E-state index contributed by atoms with van der Waals surface area (Å²) in [4.78, 5) is 13.9. The number of ether oxygens (including phenoxy) is 1. The molecule has 3 saturated carbocycles. The molecule has 160 valence electrons. The maximum Gasteiger partial charge on any atom is 0.435 e. The Balaban J connectivity index is 1.51. The van der Waals surface area contributed by atoms with Gasteiger partial charge in [0.1, 0.15) is 5.82 Å². The van der Waals surface area contributed by atoms with E-state index < -0.39 is 17.3 Å². The molecule has 4 aliphatic rings. The second-order valence-electron chi connectivity index (χ2n) is 8.62. The van der Waals surface area contributed by atoms with Gasteiger partial charge >= 0.3 is 12.1 Å². The molecule has 0 saturated heterocycles. The minimum atomic E-state index is -4.56. The number of carbonyl (C=O) groups is 1. The Labute approximate surface area is 175 Å². The summed E-state index contributed by atoms with van der Waals surface area (Å²) in [6.07, 6.45) is -0.182. The first-order valence-corrected chi connectivity index (χ1v) is 10.1. The molecule has 0 aromatic carbocycles. The summed E-state index contributed by atoms with van der Waals surface area (Å²) in [6.45, 7) is 1.20. The molecule has 1 aliphatic heterocycles. The number of carbonyl (C=O) groups excluding carboxylic acids is 1. The molecule has 30 heavy (non-hydrogen) atoms. The number of hydrogen-bond donors (Lipinski definition) is 0. The Kier molecular flexibility index (Phi) is 4.13. The molecule has 11 heteroatoms. The molecule has 2 aromatic rings. The lowest BCUT2D eigenvalue weighted by Crippen LogP contribution is -2.69. The van der Waals surface area contributed by atoms with Crippen LogP contribution in [0.25, 0.3) is 5.69 Å². The topological polar surface area (TPSA) is 73.1 Å². The van der Waals surface area contributed by atoms with Crippen LogP contribution in [0, 0.1) is 10.8 Å². The average Bonchev–Trinajstić information content (AvgIpc) is 3.04. The van der Waals surface area contributed by atoms with E-state index in [4.69, 9.17) is 16.3 Å². The predicted molar refractivity (Wildman–Crippen MR) is 100 cm³/mol. The number of hydrogen-bond acceptors (Lipinski definition) is 6. The SMILES string of the molecule is COC(=O)C12CC(CN3CCCc4c(C(F)(F)F)nn(-c5cnnc(Cl)c5)c43)(C1)C2. The fraction of sp³-hybridized carbons (Fsp3) is 0.579. The van der Waals surface area contributed by atoms with Crippen LogP contribution in [-0.2, 0) is 22.1 Å². The number of fused-ring (bicyclic) bond motifs is 1. The summed E-state index contributed by atoms with van der Waals surface area (Å²) in [5.41, 5.74) is -0.815. The second-order valence-corrected chi connectivity index (χ2v) is 9.01. The van der Waals surface area contributed by atoms with Gasteiger partial charge in [-0.15, -0.1) is 5.10 Å². The number of rotatable bonds is 4. The van der Waals surface area contributed by atoms with E-state index in [1.807, 2.05) is 4.90 Å². The van der Waals surface area contributed by atoms with E-state index in [1.54, 1.807) is 0 Å². The van der Waals surface area contributed by atoms with Crippen molar-refractivity contribution in [3.05, 3.63) is 28.7 Å². The van der Waals surface area contributed by atoms with E-state index in [0.29, 0.717) is 56.7 Å². The van der Waals surface area contributed by atoms with Crippen molar-refractivity contribution < 1.29 is 22.7 Å². The van der Waals surface area contributed by atoms with Crippen molar-refractivity contribution in [3.63, 3.8) is 0 Å². The van der Waals surface area contributed by atoms with Gasteiger partial charge < -0.3 is 9.64 Å². The molecule has 0 amide bonds. The van der Waals surface area contributed by atoms with E-state index in [-0.39, 0.29) is 22.1 Å². The van der Waals surface area contributed by atoms with Crippen molar-refractivity contribution in [2.45, 2.75) is 38.3 Å². The molecular formula is C19H19ClF3N5O2. The third-order valence-electron chi connectivity index (χ3n) is 6.52. The van der Waals surface area contributed by atoms with Gasteiger partial charge in [-0.1, -0.05) is 11.6 Å². The van der Waals surface area contributed by atoms with Crippen LogP contribution in [0.1, 0.15) is 36.9 Å². The Morgan fingerprint density at radius 1 is 1.33 bits per heavy atom. The van der Waals surface area contributed by atoms with Gasteiger partial charge in [0.15, 0.2) is 10.8 Å². The van der Waals surface area contributed by atoms with Crippen LogP contribution in [0.4, 0.5) is 19.0 Å². The molecule has 7 nitrogen and oxygen atoms in total. The standard InChI is InChI=1S/C19H19ClF3N5O2/c1-30-16(29)18-7-17(8-18,9-18)10-27-4-2-3-12-14(19(21,22)23)26-28(15(12)27)11-5-13(20)25-24-6-11/h5-6H,2-4,7-10H2,1H3. The lowest BCUT2D eigenvalue weighted by Gasteiger charge is -2.69. The Morgan fingerprint density at radius 2 is 2.07 bits per heavy atom. The van der Waals surface area contributed by atoms with Crippen LogP contribution in [0.2, 0.25) is 5.15 Å². The van der Waals surface area contributed by atoms with Crippen LogP contribution in [-0.4, -0.2) is 46.1 Å². The summed E-state index contributed by atoms with van der Waals surface area (Å²) in [7, 11) is 1.39. The lowest BCUT2D eigenvalue weighted by atomic mass is 9.35. The van der Waals surface area contributed by atoms with Gasteiger partial charge in [0.25, 0.3) is 0 Å². The molecule has 0 radical (unpaired) electrons. The lowest BCUT2D eigenvalue weighted by molar-refractivity contribution is -0.221. The molecule has 3 heterocycles. The van der Waals surface area contributed by atoms with E-state index >= 15 is 0 Å². The van der Waals surface area contributed by atoms with Crippen molar-refractivity contribution in [1.82, 2.24) is 20.0 Å². The van der Waals surface area contributed by atoms with Gasteiger partial charge in [-0.25, -0.2) is 4.68 Å². The van der Waals surface area contributed by atoms with E-state index in [9.17, 15) is 18.0 Å². The Hall–Kier alpha value is -2.36. The number of esters is 1. The van der Waals surface area contributed by atoms with Gasteiger partial charge in [0, 0.05) is 24.7 Å². The Morgan fingerprint density at radius 3 is 2.70 bits per heavy atom. The van der Waals surface area contributed by atoms with Gasteiger partial charge in [-0.05, 0) is 37.5 Å². The molecular weight excluding hydrogens is 423 g/mol. The van der Waals surface area contributed by atoms with Gasteiger partial charge in [-0.2, -0.15) is 23.4 Å². The van der Waals surface area contributed by atoms with Crippen molar-refractivity contribution in [1.29, 1.82) is 0 Å². The van der Waals surface area contributed by atoms with Crippen molar-refractivity contribution >= 4 is 23.4 Å². The molecule has 0 atom stereocenters. The van der Waals surface area contributed by atoms with Crippen molar-refractivity contribution in [2.75, 3.05) is 25.1 Å². The number of aromatic nitrogens is 4. The first-order valence-electron chi connectivity index (χ1n) is 9.68. The molecule has 3 fully saturated rings. The molecule has 6 rings (SSSR count). The average molecular weight is 442 g/mol. The normalized spacial score (nSPS) is 27.2.